The average molecular weight is 202 g/mol. The van der Waals surface area contributed by atoms with E-state index < -0.39 is 17.7 Å². The van der Waals surface area contributed by atoms with E-state index in [0.717, 1.165) is 0 Å². The fourth-order valence-corrected chi connectivity index (χ4v) is 0.0137. The third kappa shape index (κ3) is 48.4. The van der Waals surface area contributed by atoms with Crippen LogP contribution in [0.25, 0.3) is 0 Å². The first-order valence-electron chi connectivity index (χ1n) is 1.72. The molecule has 0 saturated carbocycles. The number of hydrogen-bond acceptors (Lipinski definition) is 6. The van der Waals surface area contributed by atoms with Crippen molar-refractivity contribution in [3.8, 4) is 0 Å². The van der Waals surface area contributed by atoms with E-state index in [0.29, 0.717) is 0 Å². The first kappa shape index (κ1) is 18.1. The summed E-state index contributed by atoms with van der Waals surface area (Å²) in [6.45, 7) is 0. The predicted octanol–water partition coefficient (Wildman–Crippen LogP) is -4.23. The fourth-order valence-electron chi connectivity index (χ4n) is 0.0137. The van der Waals surface area contributed by atoms with Crippen LogP contribution < -0.4 is 18.9 Å². The van der Waals surface area contributed by atoms with Gasteiger partial charge in [-0.25, -0.2) is 8.42 Å². The van der Waals surface area contributed by atoms with Crippen molar-refractivity contribution in [3.05, 3.63) is 0 Å². The molecule has 0 aromatic heterocycles. The second kappa shape index (κ2) is 9.36. The van der Waals surface area contributed by atoms with Gasteiger partial charge in [-0.3, -0.25) is 4.55 Å². The van der Waals surface area contributed by atoms with E-state index in [9.17, 15) is 9.05 Å². The van der Waals surface area contributed by atoms with Gasteiger partial charge < -0.3 is 9.58 Å². The molecule has 7 nitrogen and oxygen atoms in total. The first-order valence-corrected chi connectivity index (χ1v) is 3.09. The van der Waals surface area contributed by atoms with Crippen LogP contribution in [0.15, 0.2) is 0 Å². The zero-order valence-corrected chi connectivity index (χ0v) is 6.49. The molecule has 0 unspecified atom stereocenters. The molecule has 0 fully saturated rings. The largest absolute Gasteiger partial charge is 1.00 e. The van der Waals surface area contributed by atoms with Crippen molar-refractivity contribution in [2.24, 2.45) is 0 Å². The van der Waals surface area contributed by atoms with E-state index in [-0.39, 0.29) is 18.9 Å². The van der Waals surface area contributed by atoms with E-state index in [2.05, 4.69) is 9.72 Å². The second-order valence-electron chi connectivity index (χ2n) is 0.913. The molecule has 0 aliphatic rings. The summed E-state index contributed by atoms with van der Waals surface area (Å²) in [5, 5.41) is 7.47. The topological polar surface area (TPSA) is 116 Å². The Bertz CT molecular complexity index is 156. The third-order valence-electron chi connectivity index (χ3n) is 0.152. The minimum Gasteiger partial charge on any atom is -0.726 e. The SMILES string of the molecule is O=S(=O)([O-])O.OB(OF)OF.[Li+]. The Balaban J connectivity index is -0.000000126. The van der Waals surface area contributed by atoms with Crippen LogP contribution in [0, 0.1) is 0 Å². The van der Waals surface area contributed by atoms with Crippen LogP contribution in [0.5, 0.6) is 0 Å². The molecule has 0 heterocycles. The van der Waals surface area contributed by atoms with Gasteiger partial charge in [0.1, 0.15) is 0 Å². The number of hydrogen-bond donors (Lipinski definition) is 2. The maximum atomic E-state index is 10.3. The van der Waals surface area contributed by atoms with Gasteiger partial charge >= 0.3 is 26.2 Å². The minimum atomic E-state index is -4.92. The normalized spacial score (nSPS) is 9.08. The zero-order valence-electron chi connectivity index (χ0n) is 5.68. The monoisotopic (exact) mass is 202 g/mol. The van der Waals surface area contributed by atoms with Gasteiger partial charge in [-0.2, -0.15) is 9.72 Å². The Morgan fingerprint density at radius 3 is 1.50 bits per heavy atom. The van der Waals surface area contributed by atoms with Crippen molar-refractivity contribution in [3.63, 3.8) is 0 Å². The molecule has 0 spiro atoms. The van der Waals surface area contributed by atoms with Crippen LogP contribution in [0.3, 0.4) is 0 Å². The second-order valence-corrected chi connectivity index (χ2v) is 1.77. The van der Waals surface area contributed by atoms with Crippen molar-refractivity contribution in [1.82, 2.24) is 0 Å². The molecule has 0 rings (SSSR count). The number of halogens is 2. The summed E-state index contributed by atoms with van der Waals surface area (Å²) in [7, 11) is -7.31. The van der Waals surface area contributed by atoms with Gasteiger partial charge in [0.15, 0.2) is 0 Å². The van der Waals surface area contributed by atoms with Crippen molar-refractivity contribution in [2.45, 2.75) is 0 Å². The molecule has 2 N–H and O–H groups in total. The van der Waals surface area contributed by atoms with Gasteiger partial charge in [0, 0.05) is 0 Å². The van der Waals surface area contributed by atoms with Crippen molar-refractivity contribution in [1.29, 1.82) is 0 Å². The Kier molecular flexibility index (Phi) is 14.1. The van der Waals surface area contributed by atoms with E-state index in [1.54, 1.807) is 0 Å². The Morgan fingerprint density at radius 2 is 1.50 bits per heavy atom. The molecule has 0 amide bonds. The van der Waals surface area contributed by atoms with Gasteiger partial charge in [0.25, 0.3) is 0 Å². The Hall–Kier alpha value is 0.272. The predicted molar refractivity (Wildman–Crippen MR) is 24.7 cm³/mol. The minimum absolute atomic E-state index is 0. The molecule has 0 aliphatic carbocycles. The molecule has 0 aromatic carbocycles. The standard InChI is InChI=1S/BF2HO3.Li.H2O4S/c2-5-1(4)6-3;;1-5(2,3)4/h4H;;(H2,1,2,3,4)/q;+1;/p-1. The van der Waals surface area contributed by atoms with Crippen LogP contribution in [-0.4, -0.2) is 29.9 Å². The molecular weight excluding hydrogens is 200 g/mol. The van der Waals surface area contributed by atoms with Crippen LogP contribution in [0.1, 0.15) is 0 Å². The fraction of sp³-hybridized carbons (Fsp3) is 0. The maximum absolute atomic E-state index is 10.3. The van der Waals surface area contributed by atoms with Gasteiger partial charge in [0.05, 0.1) is 0 Å². The molecule has 0 saturated heterocycles. The maximum Gasteiger partial charge on any atom is 1.00 e. The van der Waals surface area contributed by atoms with Gasteiger partial charge in [0.2, 0.25) is 10.4 Å². The smallest absolute Gasteiger partial charge is 0.726 e. The average Bonchev–Trinajstić information content (AvgIpc) is 1.83. The van der Waals surface area contributed by atoms with Gasteiger partial charge in [-0.15, -0.1) is 0 Å². The Morgan fingerprint density at radius 1 is 1.33 bits per heavy atom. The summed E-state index contributed by atoms with van der Waals surface area (Å²) < 4.78 is 53.4. The van der Waals surface area contributed by atoms with Crippen LogP contribution >= 0.6 is 0 Å². The summed E-state index contributed by atoms with van der Waals surface area (Å²) in [4.78, 5) is 4.72. The quantitative estimate of drug-likeness (QED) is 0.264. The summed E-state index contributed by atoms with van der Waals surface area (Å²) in [5.41, 5.74) is 0. The van der Waals surface area contributed by atoms with Crippen molar-refractivity contribution in [2.75, 3.05) is 0 Å². The molecule has 12 heteroatoms. The van der Waals surface area contributed by atoms with E-state index in [4.69, 9.17) is 22.5 Å². The Labute approximate surface area is 78.4 Å². The molecule has 0 aromatic rings. The zero-order chi connectivity index (χ0) is 9.49. The molecule has 0 bridgehead atoms. The molecule has 0 radical (unpaired) electrons. The van der Waals surface area contributed by atoms with Crippen LogP contribution in [-0.2, 0) is 20.1 Å². The number of rotatable bonds is 2. The first-order chi connectivity index (χ1) is 4.81. The van der Waals surface area contributed by atoms with Gasteiger partial charge in [-0.05, 0) is 0 Å². The summed E-state index contributed by atoms with van der Waals surface area (Å²) in [6, 6.07) is 0. The van der Waals surface area contributed by atoms with E-state index in [1.807, 2.05) is 0 Å². The third-order valence-corrected chi connectivity index (χ3v) is 0.152. The van der Waals surface area contributed by atoms with E-state index >= 15 is 0 Å². The van der Waals surface area contributed by atoms with Crippen molar-refractivity contribution >= 4 is 17.7 Å². The van der Waals surface area contributed by atoms with Gasteiger partial charge in [-0.1, -0.05) is 9.05 Å². The molecule has 68 valence electrons. The summed E-state index contributed by atoms with van der Waals surface area (Å²) in [5.74, 6) is 0. The molecule has 0 atom stereocenters. The molecule has 0 aliphatic heterocycles. The van der Waals surface area contributed by atoms with Crippen LogP contribution in [0.2, 0.25) is 0 Å². The molecular formula is H2BF2LiO7S. The van der Waals surface area contributed by atoms with E-state index in [1.165, 1.54) is 0 Å². The van der Waals surface area contributed by atoms with Crippen molar-refractivity contribution < 1.29 is 60.2 Å². The molecule has 12 heavy (non-hydrogen) atoms. The summed E-state index contributed by atoms with van der Waals surface area (Å²) >= 11 is 0. The summed E-state index contributed by atoms with van der Waals surface area (Å²) in [6.07, 6.45) is 0. The van der Waals surface area contributed by atoms with Crippen LogP contribution in [0.4, 0.5) is 9.05 Å².